The molecular weight excluding hydrogens is 412 g/mol. The van der Waals surface area contributed by atoms with E-state index >= 15 is 0 Å². The number of fused-ring (bicyclic) bond motifs is 1. The maximum atomic E-state index is 13.2. The summed E-state index contributed by atoms with van der Waals surface area (Å²) < 4.78 is 0. The first-order valence-electron chi connectivity index (χ1n) is 9.45. The predicted octanol–water partition coefficient (Wildman–Crippen LogP) is 4.94. The van der Waals surface area contributed by atoms with E-state index in [0.717, 1.165) is 10.9 Å². The van der Waals surface area contributed by atoms with E-state index in [-0.39, 0.29) is 10.7 Å². The van der Waals surface area contributed by atoms with E-state index in [1.54, 1.807) is 48.7 Å². The van der Waals surface area contributed by atoms with Crippen molar-refractivity contribution in [2.24, 2.45) is 0 Å². The lowest BCUT2D eigenvalue weighted by Crippen LogP contribution is -2.25. The molecule has 0 aliphatic heterocycles. The minimum absolute atomic E-state index is 0.111. The molecule has 31 heavy (non-hydrogen) atoms. The number of hydrogen-bond acceptors (Lipinski definition) is 4. The Labute approximate surface area is 183 Å². The molecule has 0 saturated heterocycles. The number of nitrogens with zero attached hydrogens (tertiary/aromatic N) is 2. The summed E-state index contributed by atoms with van der Waals surface area (Å²) in [5.74, 6) is -1.15. The van der Waals surface area contributed by atoms with Gasteiger partial charge >= 0.3 is 0 Å². The number of benzene rings is 2. The van der Waals surface area contributed by atoms with E-state index < -0.39 is 11.8 Å². The van der Waals surface area contributed by atoms with Gasteiger partial charge in [0, 0.05) is 29.0 Å². The third kappa shape index (κ3) is 4.76. The molecule has 0 radical (unpaired) electrons. The molecule has 4 aromatic rings. The molecular formula is C24H17ClN4O2. The molecule has 2 aromatic carbocycles. The summed E-state index contributed by atoms with van der Waals surface area (Å²) in [6.07, 6.45) is 4.56. The number of anilines is 2. The lowest BCUT2D eigenvalue weighted by molar-refractivity contribution is -0.118. The Morgan fingerprint density at radius 2 is 1.52 bits per heavy atom. The highest BCUT2D eigenvalue weighted by atomic mass is 35.5. The van der Waals surface area contributed by atoms with Gasteiger partial charge in [0.15, 0.2) is 0 Å². The van der Waals surface area contributed by atoms with Gasteiger partial charge in [-0.15, -0.1) is 0 Å². The van der Waals surface area contributed by atoms with Crippen LogP contribution < -0.4 is 10.6 Å². The number of halogens is 1. The molecule has 152 valence electrons. The van der Waals surface area contributed by atoms with E-state index in [2.05, 4.69) is 20.6 Å². The van der Waals surface area contributed by atoms with E-state index in [0.29, 0.717) is 16.9 Å². The van der Waals surface area contributed by atoms with Crippen LogP contribution in [0.2, 0.25) is 5.15 Å². The van der Waals surface area contributed by atoms with Crippen molar-refractivity contribution >= 4 is 51.8 Å². The molecule has 0 spiro atoms. The van der Waals surface area contributed by atoms with Gasteiger partial charge in [-0.2, -0.15) is 0 Å². The molecule has 0 aliphatic rings. The zero-order valence-electron chi connectivity index (χ0n) is 16.2. The molecule has 0 atom stereocenters. The number of amides is 2. The van der Waals surface area contributed by atoms with Crippen LogP contribution in [0.3, 0.4) is 0 Å². The third-order valence-electron chi connectivity index (χ3n) is 4.51. The van der Waals surface area contributed by atoms with E-state index in [9.17, 15) is 9.59 Å². The number of para-hydroxylation sites is 2. The maximum Gasteiger partial charge on any atom is 0.261 e. The Hall–Kier alpha value is -4.03. The Morgan fingerprint density at radius 3 is 2.32 bits per heavy atom. The minimum Gasteiger partial charge on any atom is -0.322 e. The van der Waals surface area contributed by atoms with E-state index in [1.165, 1.54) is 12.3 Å². The molecule has 7 heteroatoms. The second kappa shape index (κ2) is 9.19. The third-order valence-corrected chi connectivity index (χ3v) is 4.82. The van der Waals surface area contributed by atoms with Gasteiger partial charge in [0.2, 0.25) is 0 Å². The van der Waals surface area contributed by atoms with Crippen molar-refractivity contribution in [3.8, 4) is 0 Å². The van der Waals surface area contributed by atoms with Crippen molar-refractivity contribution in [1.82, 2.24) is 9.97 Å². The fourth-order valence-corrected chi connectivity index (χ4v) is 3.18. The highest BCUT2D eigenvalue weighted by Gasteiger charge is 2.20. The van der Waals surface area contributed by atoms with Crippen LogP contribution >= 0.6 is 11.6 Å². The van der Waals surface area contributed by atoms with Gasteiger partial charge in [-0.05, 0) is 36.4 Å². The molecule has 0 unspecified atom stereocenters. The largest absolute Gasteiger partial charge is 0.322 e. The average Bonchev–Trinajstić information content (AvgIpc) is 2.79. The predicted molar refractivity (Wildman–Crippen MR) is 123 cm³/mol. The number of pyridine rings is 2. The number of hydrogen-bond donors (Lipinski definition) is 2. The van der Waals surface area contributed by atoms with Gasteiger partial charge in [-0.3, -0.25) is 14.6 Å². The van der Waals surface area contributed by atoms with Gasteiger partial charge in [-0.1, -0.05) is 54.1 Å². The highest BCUT2D eigenvalue weighted by molar-refractivity contribution is 6.33. The Bertz CT molecular complexity index is 1280. The highest BCUT2D eigenvalue weighted by Crippen LogP contribution is 2.23. The van der Waals surface area contributed by atoms with Gasteiger partial charge in [0.25, 0.3) is 11.8 Å². The number of carbonyl (C=O) groups excluding carboxylic acids is 2. The molecule has 4 rings (SSSR count). The maximum absolute atomic E-state index is 13.2. The zero-order valence-corrected chi connectivity index (χ0v) is 17.0. The summed E-state index contributed by atoms with van der Waals surface area (Å²) >= 11 is 6.15. The average molecular weight is 429 g/mol. The zero-order chi connectivity index (χ0) is 21.6. The Balaban J connectivity index is 1.70. The monoisotopic (exact) mass is 428 g/mol. The fourth-order valence-electron chi connectivity index (χ4n) is 3.01. The summed E-state index contributed by atoms with van der Waals surface area (Å²) in [6.45, 7) is 0. The standard InChI is InChI=1S/C24H17ClN4O2/c25-22-16(7-6-13-27-22)15-19(23(30)28-17-8-2-1-3-9-17)24(31)29-21-12-14-26-20-11-5-4-10-18(20)21/h1-15H,(H,28,30)(H,26,29,31). The number of nitrogens with one attached hydrogen (secondary N) is 2. The fraction of sp³-hybridized carbons (Fsp3) is 0. The Kier molecular flexibility index (Phi) is 6.01. The number of rotatable bonds is 5. The lowest BCUT2D eigenvalue weighted by atomic mass is 10.1. The summed E-state index contributed by atoms with van der Waals surface area (Å²) in [6, 6.07) is 21.4. The van der Waals surface area contributed by atoms with Crippen molar-refractivity contribution in [2.45, 2.75) is 0 Å². The van der Waals surface area contributed by atoms with Crippen LogP contribution in [0.15, 0.2) is 90.8 Å². The van der Waals surface area contributed by atoms with Crippen LogP contribution in [-0.4, -0.2) is 21.8 Å². The second-order valence-corrected chi connectivity index (χ2v) is 6.95. The van der Waals surface area contributed by atoms with Crippen molar-refractivity contribution in [2.75, 3.05) is 10.6 Å². The van der Waals surface area contributed by atoms with Crippen molar-refractivity contribution in [3.63, 3.8) is 0 Å². The molecule has 0 aliphatic carbocycles. The molecule has 0 saturated carbocycles. The van der Waals surface area contributed by atoms with E-state index in [1.807, 2.05) is 30.3 Å². The lowest BCUT2D eigenvalue weighted by Gasteiger charge is -2.12. The first-order valence-corrected chi connectivity index (χ1v) is 9.83. The SMILES string of the molecule is O=C(Nc1ccccc1)C(=Cc1cccnc1Cl)C(=O)Nc1ccnc2ccccc12. The number of carbonyl (C=O) groups is 2. The Morgan fingerprint density at radius 1 is 0.774 bits per heavy atom. The van der Waals surface area contributed by atoms with Gasteiger partial charge < -0.3 is 10.6 Å². The summed E-state index contributed by atoms with van der Waals surface area (Å²) in [5, 5.41) is 6.52. The molecule has 0 bridgehead atoms. The molecule has 2 amide bonds. The molecule has 2 aromatic heterocycles. The smallest absolute Gasteiger partial charge is 0.261 e. The number of aromatic nitrogens is 2. The van der Waals surface area contributed by atoms with Crippen LogP contribution in [-0.2, 0) is 9.59 Å². The topological polar surface area (TPSA) is 84.0 Å². The van der Waals surface area contributed by atoms with Gasteiger partial charge in [-0.25, -0.2) is 4.98 Å². The molecule has 6 nitrogen and oxygen atoms in total. The van der Waals surface area contributed by atoms with Gasteiger partial charge in [0.1, 0.15) is 10.7 Å². The molecule has 0 fully saturated rings. The van der Waals surface area contributed by atoms with Crippen LogP contribution in [0.4, 0.5) is 11.4 Å². The van der Waals surface area contributed by atoms with Crippen LogP contribution in [0.25, 0.3) is 17.0 Å². The van der Waals surface area contributed by atoms with Crippen LogP contribution in [0.5, 0.6) is 0 Å². The van der Waals surface area contributed by atoms with Crippen LogP contribution in [0, 0.1) is 0 Å². The quantitative estimate of drug-likeness (QED) is 0.204. The van der Waals surface area contributed by atoms with Crippen LogP contribution in [0.1, 0.15) is 5.56 Å². The second-order valence-electron chi connectivity index (χ2n) is 6.59. The summed E-state index contributed by atoms with van der Waals surface area (Å²) in [7, 11) is 0. The minimum atomic E-state index is -0.579. The van der Waals surface area contributed by atoms with E-state index in [4.69, 9.17) is 11.6 Å². The van der Waals surface area contributed by atoms with Crippen molar-refractivity contribution < 1.29 is 9.59 Å². The first kappa shape index (κ1) is 20.3. The summed E-state index contributed by atoms with van der Waals surface area (Å²) in [4.78, 5) is 34.5. The van der Waals surface area contributed by atoms with Gasteiger partial charge in [0.05, 0.1) is 11.2 Å². The molecule has 2 heterocycles. The van der Waals surface area contributed by atoms with Crippen molar-refractivity contribution in [1.29, 1.82) is 0 Å². The summed E-state index contributed by atoms with van der Waals surface area (Å²) in [5.41, 5.74) is 2.19. The van der Waals surface area contributed by atoms with Crippen molar-refractivity contribution in [3.05, 3.63) is 101 Å². The molecule has 2 N–H and O–H groups in total. The normalized spacial score (nSPS) is 11.2. The first-order chi connectivity index (χ1) is 15.1.